The second-order valence-electron chi connectivity index (χ2n) is 5.69. The first-order valence-electron chi connectivity index (χ1n) is 7.95. The van der Waals surface area contributed by atoms with Gasteiger partial charge in [0.05, 0.1) is 0 Å². The number of nitrogens with one attached hydrogen (secondary N) is 1. The maximum atomic E-state index is 12.6. The maximum absolute atomic E-state index is 12.6. The van der Waals surface area contributed by atoms with E-state index >= 15 is 0 Å². The van der Waals surface area contributed by atoms with E-state index in [-0.39, 0.29) is 0 Å². The molecule has 1 saturated heterocycles. The number of hydrogen-bond acceptors (Lipinski definition) is 2. The highest BCUT2D eigenvalue weighted by Gasteiger charge is 2.24. The van der Waals surface area contributed by atoms with Gasteiger partial charge in [0.2, 0.25) is 5.91 Å². The molecule has 116 valence electrons. The fourth-order valence-corrected chi connectivity index (χ4v) is 3.04. The zero-order valence-electron chi connectivity index (χ0n) is 12.8. The number of benzene rings is 1. The summed E-state index contributed by atoms with van der Waals surface area (Å²) in [6.07, 6.45) is 4.56. The largest absolute Gasteiger partial charge is 0.340 e. The molecule has 0 aliphatic carbocycles. The standard InChI is InChI=1S/C17H25ClN2O/c1-2-13-20(16-9-11-19-12-10-16)17(21)8-5-14-3-6-15(18)7-4-14/h3-4,6-7,16,19H,2,5,8-13H2,1H3. The molecule has 1 amide bonds. The summed E-state index contributed by atoms with van der Waals surface area (Å²) in [7, 11) is 0. The number of carbonyl (C=O) groups is 1. The van der Waals surface area contributed by atoms with Gasteiger partial charge in [-0.25, -0.2) is 0 Å². The van der Waals surface area contributed by atoms with Gasteiger partial charge in [-0.2, -0.15) is 0 Å². The van der Waals surface area contributed by atoms with Crippen LogP contribution < -0.4 is 5.32 Å². The van der Waals surface area contributed by atoms with Crippen LogP contribution in [-0.2, 0) is 11.2 Å². The molecule has 1 N–H and O–H groups in total. The number of carbonyl (C=O) groups excluding carboxylic acids is 1. The highest BCUT2D eigenvalue weighted by atomic mass is 35.5. The maximum Gasteiger partial charge on any atom is 0.223 e. The summed E-state index contributed by atoms with van der Waals surface area (Å²) in [4.78, 5) is 14.7. The fourth-order valence-electron chi connectivity index (χ4n) is 2.92. The van der Waals surface area contributed by atoms with Crippen molar-refractivity contribution in [1.29, 1.82) is 0 Å². The smallest absolute Gasteiger partial charge is 0.223 e. The Morgan fingerprint density at radius 2 is 1.95 bits per heavy atom. The topological polar surface area (TPSA) is 32.3 Å². The average Bonchev–Trinajstić information content (AvgIpc) is 2.52. The van der Waals surface area contributed by atoms with E-state index in [4.69, 9.17) is 11.6 Å². The first-order valence-corrected chi connectivity index (χ1v) is 8.33. The molecule has 0 bridgehead atoms. The molecule has 21 heavy (non-hydrogen) atoms. The van der Waals surface area contributed by atoms with Crippen LogP contribution in [0.25, 0.3) is 0 Å². The molecule has 4 heteroatoms. The van der Waals surface area contributed by atoms with Crippen molar-refractivity contribution in [3.63, 3.8) is 0 Å². The zero-order valence-corrected chi connectivity index (χ0v) is 13.5. The Balaban J connectivity index is 1.89. The predicted molar refractivity (Wildman–Crippen MR) is 87.7 cm³/mol. The van der Waals surface area contributed by atoms with Crippen molar-refractivity contribution in [3.8, 4) is 0 Å². The molecule has 0 saturated carbocycles. The lowest BCUT2D eigenvalue weighted by Gasteiger charge is -2.34. The van der Waals surface area contributed by atoms with Crippen LogP contribution in [0.3, 0.4) is 0 Å². The van der Waals surface area contributed by atoms with E-state index in [2.05, 4.69) is 17.1 Å². The average molecular weight is 309 g/mol. The normalized spacial score (nSPS) is 15.9. The third-order valence-electron chi connectivity index (χ3n) is 4.08. The second kappa shape index (κ2) is 8.40. The van der Waals surface area contributed by atoms with Crippen molar-refractivity contribution in [3.05, 3.63) is 34.9 Å². The Kier molecular flexibility index (Phi) is 6.52. The first kappa shape index (κ1) is 16.3. The molecule has 0 spiro atoms. The van der Waals surface area contributed by atoms with Crippen LogP contribution in [-0.4, -0.2) is 36.5 Å². The number of halogens is 1. The van der Waals surface area contributed by atoms with E-state index in [0.29, 0.717) is 18.4 Å². The van der Waals surface area contributed by atoms with E-state index in [1.807, 2.05) is 24.3 Å². The molecule has 1 aromatic rings. The third kappa shape index (κ3) is 5.01. The van der Waals surface area contributed by atoms with Gasteiger partial charge < -0.3 is 10.2 Å². The van der Waals surface area contributed by atoms with E-state index < -0.39 is 0 Å². The molecule has 0 atom stereocenters. The molecule has 1 aliphatic heterocycles. The van der Waals surface area contributed by atoms with E-state index in [0.717, 1.165) is 50.3 Å². The Morgan fingerprint density at radius 3 is 2.57 bits per heavy atom. The lowest BCUT2D eigenvalue weighted by molar-refractivity contribution is -0.134. The van der Waals surface area contributed by atoms with Gasteiger partial charge in [0.25, 0.3) is 0 Å². The number of nitrogens with zero attached hydrogens (tertiary/aromatic N) is 1. The lowest BCUT2D eigenvalue weighted by Crippen LogP contribution is -2.46. The van der Waals surface area contributed by atoms with Crippen LogP contribution in [0.2, 0.25) is 5.02 Å². The second-order valence-corrected chi connectivity index (χ2v) is 6.13. The molecule has 2 rings (SSSR count). The summed E-state index contributed by atoms with van der Waals surface area (Å²) in [6.45, 7) is 5.06. The van der Waals surface area contributed by atoms with Crippen LogP contribution in [0.5, 0.6) is 0 Å². The lowest BCUT2D eigenvalue weighted by atomic mass is 10.0. The van der Waals surface area contributed by atoms with Crippen LogP contribution in [0, 0.1) is 0 Å². The number of rotatable bonds is 6. The zero-order chi connectivity index (χ0) is 15.1. The Labute approximate surface area is 132 Å². The van der Waals surface area contributed by atoms with Gasteiger partial charge in [-0.3, -0.25) is 4.79 Å². The Morgan fingerprint density at radius 1 is 1.29 bits per heavy atom. The summed E-state index contributed by atoms with van der Waals surface area (Å²) in [5, 5.41) is 4.11. The van der Waals surface area contributed by atoms with Gasteiger partial charge in [-0.15, -0.1) is 0 Å². The monoisotopic (exact) mass is 308 g/mol. The summed E-state index contributed by atoms with van der Waals surface area (Å²) in [6, 6.07) is 8.20. The highest BCUT2D eigenvalue weighted by Crippen LogP contribution is 2.16. The number of hydrogen-bond donors (Lipinski definition) is 1. The van der Waals surface area contributed by atoms with Crippen molar-refractivity contribution in [1.82, 2.24) is 10.2 Å². The van der Waals surface area contributed by atoms with Crippen LogP contribution >= 0.6 is 11.6 Å². The van der Waals surface area contributed by atoms with Gasteiger partial charge >= 0.3 is 0 Å². The molecule has 0 aromatic heterocycles. The van der Waals surface area contributed by atoms with Crippen LogP contribution in [0.4, 0.5) is 0 Å². The van der Waals surface area contributed by atoms with Crippen molar-refractivity contribution < 1.29 is 4.79 Å². The van der Waals surface area contributed by atoms with Gasteiger partial charge in [0.15, 0.2) is 0 Å². The van der Waals surface area contributed by atoms with E-state index in [1.165, 1.54) is 5.56 Å². The molecular formula is C17H25ClN2O. The van der Waals surface area contributed by atoms with Crippen molar-refractivity contribution in [2.24, 2.45) is 0 Å². The molecule has 1 fully saturated rings. The summed E-state index contributed by atoms with van der Waals surface area (Å²) in [5.74, 6) is 0.290. The quantitative estimate of drug-likeness (QED) is 0.875. The molecule has 0 unspecified atom stereocenters. The van der Waals surface area contributed by atoms with Crippen molar-refractivity contribution in [2.75, 3.05) is 19.6 Å². The molecule has 1 aliphatic rings. The minimum atomic E-state index is 0.290. The van der Waals surface area contributed by atoms with Crippen LogP contribution in [0.15, 0.2) is 24.3 Å². The number of aryl methyl sites for hydroxylation is 1. The SMILES string of the molecule is CCCN(C(=O)CCc1ccc(Cl)cc1)C1CCNCC1. The molecule has 1 aromatic carbocycles. The van der Waals surface area contributed by atoms with Gasteiger partial charge in [-0.05, 0) is 56.5 Å². The minimum Gasteiger partial charge on any atom is -0.340 e. The van der Waals surface area contributed by atoms with E-state index in [9.17, 15) is 4.79 Å². The molecular weight excluding hydrogens is 284 g/mol. The predicted octanol–water partition coefficient (Wildman–Crippen LogP) is 3.26. The molecule has 1 heterocycles. The summed E-state index contributed by atoms with van der Waals surface area (Å²) in [5.41, 5.74) is 1.18. The van der Waals surface area contributed by atoms with Gasteiger partial charge in [-0.1, -0.05) is 30.7 Å². The number of piperidine rings is 1. The minimum absolute atomic E-state index is 0.290. The fraction of sp³-hybridized carbons (Fsp3) is 0.588. The van der Waals surface area contributed by atoms with Crippen molar-refractivity contribution >= 4 is 17.5 Å². The first-order chi connectivity index (χ1) is 10.2. The molecule has 3 nitrogen and oxygen atoms in total. The van der Waals surface area contributed by atoms with Crippen LogP contribution in [0.1, 0.15) is 38.2 Å². The summed E-state index contributed by atoms with van der Waals surface area (Å²) >= 11 is 5.89. The van der Waals surface area contributed by atoms with Crippen molar-refractivity contribution in [2.45, 2.75) is 45.1 Å². The Hall–Kier alpha value is -1.06. The Bertz CT molecular complexity index is 441. The van der Waals surface area contributed by atoms with Gasteiger partial charge in [0.1, 0.15) is 0 Å². The third-order valence-corrected chi connectivity index (χ3v) is 4.33. The number of amides is 1. The highest BCUT2D eigenvalue weighted by molar-refractivity contribution is 6.30. The van der Waals surface area contributed by atoms with E-state index in [1.54, 1.807) is 0 Å². The van der Waals surface area contributed by atoms with Gasteiger partial charge in [0, 0.05) is 24.0 Å². The molecule has 0 radical (unpaired) electrons. The summed E-state index contributed by atoms with van der Waals surface area (Å²) < 4.78 is 0.